The summed E-state index contributed by atoms with van der Waals surface area (Å²) >= 11 is 0. The average molecular weight is 226 g/mol. The largest absolute Gasteiger partial charge is 0.368 e. The maximum atomic E-state index is 4.58. The van der Waals surface area contributed by atoms with Crippen molar-refractivity contribution in [2.24, 2.45) is 0 Å². The normalized spacial score (nSPS) is 16.4. The highest BCUT2D eigenvalue weighted by Crippen LogP contribution is 2.26. The van der Waals surface area contributed by atoms with Crippen LogP contribution < -0.4 is 10.2 Å². The molecule has 0 atom stereocenters. The van der Waals surface area contributed by atoms with Crippen molar-refractivity contribution in [3.05, 3.63) is 36.0 Å². The zero-order chi connectivity index (χ0) is 11.7. The summed E-state index contributed by atoms with van der Waals surface area (Å²) in [6.07, 6.45) is 0. The molecule has 1 aliphatic heterocycles. The lowest BCUT2D eigenvalue weighted by Crippen LogP contribution is -2.40. The summed E-state index contributed by atoms with van der Waals surface area (Å²) in [5, 5.41) is 5.64. The Morgan fingerprint density at radius 1 is 1.06 bits per heavy atom. The van der Waals surface area contributed by atoms with Crippen LogP contribution in [-0.2, 0) is 0 Å². The lowest BCUT2D eigenvalue weighted by molar-refractivity contribution is 0.580. The summed E-state index contributed by atoms with van der Waals surface area (Å²) in [6.45, 7) is 5.96. The van der Waals surface area contributed by atoms with Gasteiger partial charge in [0.2, 0.25) is 0 Å². The highest BCUT2D eigenvalue weighted by molar-refractivity contribution is 5.92. The van der Waals surface area contributed by atoms with Crippen LogP contribution in [0.1, 0.15) is 5.69 Å². The van der Waals surface area contributed by atoms with Gasteiger partial charge in [-0.1, -0.05) is 6.07 Å². The standard InChI is InChI=1S/C14H16N3/c1-11-5-6-12-13(16-11)3-2-4-14(12)17-9-7-15-8-10-17/h2-6H,7-10H2,1H3. The second-order valence-corrected chi connectivity index (χ2v) is 4.45. The van der Waals surface area contributed by atoms with Crippen LogP contribution in [0.4, 0.5) is 5.69 Å². The van der Waals surface area contributed by atoms with Crippen molar-refractivity contribution < 1.29 is 0 Å². The highest BCUT2D eigenvalue weighted by Gasteiger charge is 2.13. The maximum absolute atomic E-state index is 4.58. The monoisotopic (exact) mass is 226 g/mol. The van der Waals surface area contributed by atoms with Crippen LogP contribution in [0.15, 0.2) is 30.3 Å². The van der Waals surface area contributed by atoms with Gasteiger partial charge in [0.15, 0.2) is 0 Å². The SMILES string of the molecule is Cc1ccc2c(N3CC[N]CC3)cccc2n1. The van der Waals surface area contributed by atoms with E-state index in [2.05, 4.69) is 45.5 Å². The van der Waals surface area contributed by atoms with E-state index in [0.717, 1.165) is 37.4 Å². The van der Waals surface area contributed by atoms with Crippen LogP contribution in [0.3, 0.4) is 0 Å². The van der Waals surface area contributed by atoms with E-state index in [4.69, 9.17) is 0 Å². The molecule has 1 aromatic carbocycles. The van der Waals surface area contributed by atoms with E-state index in [1.165, 1.54) is 11.1 Å². The summed E-state index contributed by atoms with van der Waals surface area (Å²) in [7, 11) is 0. The van der Waals surface area contributed by atoms with Gasteiger partial charge in [-0.25, -0.2) is 5.32 Å². The molecule has 87 valence electrons. The predicted octanol–water partition coefficient (Wildman–Crippen LogP) is 1.97. The van der Waals surface area contributed by atoms with Crippen molar-refractivity contribution in [1.82, 2.24) is 10.3 Å². The Labute approximate surface area is 101 Å². The van der Waals surface area contributed by atoms with E-state index in [9.17, 15) is 0 Å². The Bertz CT molecular complexity index is 530. The number of fused-ring (bicyclic) bond motifs is 1. The first-order valence-corrected chi connectivity index (χ1v) is 6.09. The van der Waals surface area contributed by atoms with Gasteiger partial charge in [-0.3, -0.25) is 4.98 Å². The summed E-state index contributed by atoms with van der Waals surface area (Å²) in [5.74, 6) is 0. The number of nitrogens with zero attached hydrogens (tertiary/aromatic N) is 3. The summed E-state index contributed by atoms with van der Waals surface area (Å²) < 4.78 is 0. The second kappa shape index (κ2) is 4.34. The van der Waals surface area contributed by atoms with Crippen molar-refractivity contribution in [1.29, 1.82) is 0 Å². The van der Waals surface area contributed by atoms with Crippen molar-refractivity contribution in [3.63, 3.8) is 0 Å². The van der Waals surface area contributed by atoms with E-state index in [-0.39, 0.29) is 0 Å². The lowest BCUT2D eigenvalue weighted by atomic mass is 10.1. The molecule has 0 saturated carbocycles. The molecule has 3 heteroatoms. The van der Waals surface area contributed by atoms with Gasteiger partial charge in [0.25, 0.3) is 0 Å². The highest BCUT2D eigenvalue weighted by atomic mass is 15.2. The smallest absolute Gasteiger partial charge is 0.0726 e. The van der Waals surface area contributed by atoms with Gasteiger partial charge < -0.3 is 4.90 Å². The minimum absolute atomic E-state index is 0.940. The van der Waals surface area contributed by atoms with Crippen LogP contribution in [0.5, 0.6) is 0 Å². The minimum atomic E-state index is 0.940. The molecule has 0 amide bonds. The van der Waals surface area contributed by atoms with Crippen LogP contribution in [-0.4, -0.2) is 31.2 Å². The molecule has 0 N–H and O–H groups in total. The van der Waals surface area contributed by atoms with E-state index in [0.29, 0.717) is 0 Å². The Balaban J connectivity index is 2.09. The number of rotatable bonds is 1. The van der Waals surface area contributed by atoms with Gasteiger partial charge in [0.1, 0.15) is 0 Å². The molecule has 1 saturated heterocycles. The molecule has 0 unspecified atom stereocenters. The number of benzene rings is 1. The first-order valence-electron chi connectivity index (χ1n) is 6.09. The van der Waals surface area contributed by atoms with Crippen molar-refractivity contribution >= 4 is 16.6 Å². The van der Waals surface area contributed by atoms with Gasteiger partial charge in [-0.2, -0.15) is 0 Å². The molecule has 0 bridgehead atoms. The molecule has 3 rings (SSSR count). The maximum Gasteiger partial charge on any atom is 0.0726 e. The van der Waals surface area contributed by atoms with Crippen LogP contribution in [0, 0.1) is 6.92 Å². The minimum Gasteiger partial charge on any atom is -0.368 e. The molecule has 2 aromatic rings. The molecule has 1 radical (unpaired) electrons. The van der Waals surface area contributed by atoms with Gasteiger partial charge in [-0.15, -0.1) is 0 Å². The van der Waals surface area contributed by atoms with Gasteiger partial charge in [0, 0.05) is 42.9 Å². The first kappa shape index (κ1) is 10.5. The fraction of sp³-hybridized carbons (Fsp3) is 0.357. The topological polar surface area (TPSA) is 30.2 Å². The molecule has 1 aromatic heterocycles. The molecule has 0 aliphatic carbocycles. The Kier molecular flexibility index (Phi) is 2.69. The molecule has 1 fully saturated rings. The molecule has 3 nitrogen and oxygen atoms in total. The van der Waals surface area contributed by atoms with E-state index < -0.39 is 0 Å². The molecule has 2 heterocycles. The summed E-state index contributed by atoms with van der Waals surface area (Å²) in [4.78, 5) is 6.99. The molecule has 1 aliphatic rings. The molecular weight excluding hydrogens is 210 g/mol. The summed E-state index contributed by atoms with van der Waals surface area (Å²) in [6, 6.07) is 10.6. The van der Waals surface area contributed by atoms with E-state index in [1.54, 1.807) is 0 Å². The Morgan fingerprint density at radius 2 is 1.88 bits per heavy atom. The lowest BCUT2D eigenvalue weighted by Gasteiger charge is -2.29. The van der Waals surface area contributed by atoms with Gasteiger partial charge in [-0.05, 0) is 31.2 Å². The van der Waals surface area contributed by atoms with Crippen molar-refractivity contribution in [2.75, 3.05) is 31.1 Å². The number of hydrogen-bond donors (Lipinski definition) is 0. The van der Waals surface area contributed by atoms with Crippen molar-refractivity contribution in [3.8, 4) is 0 Å². The number of aryl methyl sites for hydroxylation is 1. The third-order valence-electron chi connectivity index (χ3n) is 3.24. The number of hydrogen-bond acceptors (Lipinski definition) is 2. The van der Waals surface area contributed by atoms with Crippen molar-refractivity contribution in [2.45, 2.75) is 6.92 Å². The number of pyridine rings is 1. The Morgan fingerprint density at radius 3 is 2.71 bits per heavy atom. The summed E-state index contributed by atoms with van der Waals surface area (Å²) in [5.41, 5.74) is 3.46. The zero-order valence-corrected chi connectivity index (χ0v) is 10.1. The molecule has 17 heavy (non-hydrogen) atoms. The molecule has 0 spiro atoms. The van der Waals surface area contributed by atoms with Gasteiger partial charge in [0.05, 0.1) is 5.52 Å². The number of anilines is 1. The average Bonchev–Trinajstić information content (AvgIpc) is 2.39. The van der Waals surface area contributed by atoms with Gasteiger partial charge >= 0.3 is 0 Å². The van der Waals surface area contributed by atoms with Crippen LogP contribution in [0.2, 0.25) is 0 Å². The van der Waals surface area contributed by atoms with E-state index >= 15 is 0 Å². The third kappa shape index (κ3) is 1.98. The number of aromatic nitrogens is 1. The fourth-order valence-electron chi connectivity index (χ4n) is 2.36. The van der Waals surface area contributed by atoms with Crippen LogP contribution >= 0.6 is 0 Å². The van der Waals surface area contributed by atoms with Crippen LogP contribution in [0.25, 0.3) is 10.9 Å². The fourth-order valence-corrected chi connectivity index (χ4v) is 2.36. The Hall–Kier alpha value is -1.61. The second-order valence-electron chi connectivity index (χ2n) is 4.45. The zero-order valence-electron chi connectivity index (χ0n) is 10.1. The molecular formula is C14H16N3. The number of piperazine rings is 1. The third-order valence-corrected chi connectivity index (χ3v) is 3.24. The van der Waals surface area contributed by atoms with E-state index in [1.807, 2.05) is 6.92 Å². The first-order chi connectivity index (χ1) is 8.34. The quantitative estimate of drug-likeness (QED) is 0.744. The predicted molar refractivity (Wildman–Crippen MR) is 70.6 cm³/mol.